The van der Waals surface area contributed by atoms with E-state index in [9.17, 15) is 13.2 Å². The zero-order chi connectivity index (χ0) is 19.9. The Morgan fingerprint density at radius 2 is 1.75 bits per heavy atom. The Balaban J connectivity index is 1.54. The summed E-state index contributed by atoms with van der Waals surface area (Å²) in [6.07, 6.45) is 0.742. The molecule has 2 aliphatic rings. The van der Waals surface area contributed by atoms with Gasteiger partial charge in [-0.25, -0.2) is 13.2 Å². The minimum atomic E-state index is -3.58. The van der Waals surface area contributed by atoms with Crippen LogP contribution < -0.4 is 4.90 Å². The minimum absolute atomic E-state index is 0.0932. The van der Waals surface area contributed by atoms with Gasteiger partial charge < -0.3 is 4.74 Å². The van der Waals surface area contributed by atoms with E-state index in [4.69, 9.17) is 16.3 Å². The van der Waals surface area contributed by atoms with E-state index in [2.05, 4.69) is 0 Å². The molecule has 0 bridgehead atoms. The van der Waals surface area contributed by atoms with Crippen LogP contribution in [-0.4, -0.2) is 37.9 Å². The molecule has 2 heterocycles. The number of benzene rings is 2. The molecule has 0 aliphatic carbocycles. The molecule has 28 heavy (non-hydrogen) atoms. The number of para-hydroxylation sites is 1. The number of rotatable bonds is 3. The van der Waals surface area contributed by atoms with E-state index in [-0.39, 0.29) is 23.6 Å². The maximum Gasteiger partial charge on any atom is 0.414 e. The first-order valence-corrected chi connectivity index (χ1v) is 11.0. The zero-order valence-electron chi connectivity index (χ0n) is 15.5. The van der Waals surface area contributed by atoms with Crippen molar-refractivity contribution in [3.63, 3.8) is 0 Å². The molecule has 4 rings (SSSR count). The third-order valence-electron chi connectivity index (χ3n) is 5.35. The van der Waals surface area contributed by atoms with Crippen LogP contribution in [0.15, 0.2) is 47.4 Å². The largest absolute Gasteiger partial charge is 0.444 e. The number of hydrogen-bond acceptors (Lipinski definition) is 4. The van der Waals surface area contributed by atoms with Crippen LogP contribution in [0.3, 0.4) is 0 Å². The molecule has 8 heteroatoms. The van der Waals surface area contributed by atoms with Crippen molar-refractivity contribution in [2.45, 2.75) is 37.3 Å². The molecule has 0 unspecified atom stereocenters. The van der Waals surface area contributed by atoms with Gasteiger partial charge in [-0.2, -0.15) is 4.31 Å². The number of amides is 1. The van der Waals surface area contributed by atoms with Crippen LogP contribution in [0.1, 0.15) is 24.0 Å². The van der Waals surface area contributed by atoms with Gasteiger partial charge in [0, 0.05) is 29.7 Å². The lowest BCUT2D eigenvalue weighted by Gasteiger charge is -2.40. The molecule has 148 valence electrons. The standard InChI is InChI=1S/C20H21ClN2O4S/c1-14-3-2-4-15-13-27-20(24)23(19(14)15)17-9-11-22(12-10-17)28(25,26)18-7-5-16(21)6-8-18/h2-8,17H,9-13H2,1H3. The Kier molecular flexibility index (Phi) is 5.07. The van der Waals surface area contributed by atoms with E-state index in [0.29, 0.717) is 31.0 Å². The Morgan fingerprint density at radius 1 is 1.07 bits per heavy atom. The lowest BCUT2D eigenvalue weighted by Crippen LogP contribution is -2.50. The molecule has 1 amide bonds. The van der Waals surface area contributed by atoms with Crippen molar-refractivity contribution < 1.29 is 17.9 Å². The van der Waals surface area contributed by atoms with Gasteiger partial charge in [0.1, 0.15) is 6.61 Å². The quantitative estimate of drug-likeness (QED) is 0.753. The molecule has 0 radical (unpaired) electrons. The minimum Gasteiger partial charge on any atom is -0.444 e. The fraction of sp³-hybridized carbons (Fsp3) is 0.350. The second-order valence-corrected chi connectivity index (χ2v) is 9.47. The number of ether oxygens (including phenoxy) is 1. The summed E-state index contributed by atoms with van der Waals surface area (Å²) in [4.78, 5) is 14.4. The zero-order valence-corrected chi connectivity index (χ0v) is 17.0. The summed E-state index contributed by atoms with van der Waals surface area (Å²) in [5, 5.41) is 0.496. The number of aryl methyl sites for hydroxylation is 1. The van der Waals surface area contributed by atoms with Crippen molar-refractivity contribution in [2.24, 2.45) is 0 Å². The van der Waals surface area contributed by atoms with Gasteiger partial charge in [0.15, 0.2) is 0 Å². The molecular weight excluding hydrogens is 400 g/mol. The number of hydrogen-bond donors (Lipinski definition) is 0. The Labute approximate surface area is 169 Å². The third-order valence-corrected chi connectivity index (χ3v) is 7.51. The SMILES string of the molecule is Cc1cccc2c1N(C1CCN(S(=O)(=O)c3ccc(Cl)cc3)CC1)C(=O)OC2. The highest BCUT2D eigenvalue weighted by atomic mass is 35.5. The van der Waals surface area contributed by atoms with Crippen LogP contribution in [0.5, 0.6) is 0 Å². The van der Waals surface area contributed by atoms with Crippen molar-refractivity contribution in [3.8, 4) is 0 Å². The van der Waals surface area contributed by atoms with Gasteiger partial charge in [-0.1, -0.05) is 29.8 Å². The van der Waals surface area contributed by atoms with Crippen molar-refractivity contribution in [3.05, 3.63) is 58.6 Å². The average Bonchev–Trinajstić information content (AvgIpc) is 2.69. The summed E-state index contributed by atoms with van der Waals surface area (Å²) in [7, 11) is -3.58. The first-order valence-electron chi connectivity index (χ1n) is 9.18. The molecule has 2 aromatic rings. The topological polar surface area (TPSA) is 66.9 Å². The molecule has 6 nitrogen and oxygen atoms in total. The van der Waals surface area contributed by atoms with Gasteiger partial charge in [0.05, 0.1) is 10.6 Å². The van der Waals surface area contributed by atoms with E-state index < -0.39 is 10.0 Å². The van der Waals surface area contributed by atoms with Gasteiger partial charge in [0.25, 0.3) is 0 Å². The predicted octanol–water partition coefficient (Wildman–Crippen LogP) is 3.96. The molecule has 2 aliphatic heterocycles. The average molecular weight is 421 g/mol. The number of carbonyl (C=O) groups excluding carboxylic acids is 1. The monoisotopic (exact) mass is 420 g/mol. The molecule has 0 spiro atoms. The number of anilines is 1. The number of halogens is 1. The molecular formula is C20H21ClN2O4S. The van der Waals surface area contributed by atoms with Gasteiger partial charge in [-0.15, -0.1) is 0 Å². The number of carbonyl (C=O) groups is 1. The number of cyclic esters (lactones) is 1. The van der Waals surface area contributed by atoms with Crippen molar-refractivity contribution in [2.75, 3.05) is 18.0 Å². The smallest absolute Gasteiger partial charge is 0.414 e. The molecule has 2 aromatic carbocycles. The van der Waals surface area contributed by atoms with Crippen LogP contribution in [0.2, 0.25) is 5.02 Å². The van der Waals surface area contributed by atoms with Gasteiger partial charge in [-0.3, -0.25) is 4.90 Å². The van der Waals surface area contributed by atoms with Crippen molar-refractivity contribution in [1.29, 1.82) is 0 Å². The van der Waals surface area contributed by atoms with E-state index in [0.717, 1.165) is 16.8 Å². The fourth-order valence-corrected chi connectivity index (χ4v) is 5.50. The third kappa shape index (κ3) is 3.38. The van der Waals surface area contributed by atoms with E-state index in [1.165, 1.54) is 16.4 Å². The summed E-state index contributed by atoms with van der Waals surface area (Å²) < 4.78 is 32.6. The van der Waals surface area contributed by atoms with Crippen LogP contribution in [0.25, 0.3) is 0 Å². The predicted molar refractivity (Wildman–Crippen MR) is 107 cm³/mol. The van der Waals surface area contributed by atoms with Crippen LogP contribution in [-0.2, 0) is 21.4 Å². The Morgan fingerprint density at radius 3 is 2.43 bits per heavy atom. The number of piperidine rings is 1. The summed E-state index contributed by atoms with van der Waals surface area (Å²) in [5.41, 5.74) is 2.90. The van der Waals surface area contributed by atoms with E-state index in [1.807, 2.05) is 25.1 Å². The highest BCUT2D eigenvalue weighted by molar-refractivity contribution is 7.89. The molecule has 1 fully saturated rings. The lowest BCUT2D eigenvalue weighted by atomic mass is 10.00. The maximum atomic E-state index is 12.9. The van der Waals surface area contributed by atoms with Gasteiger partial charge >= 0.3 is 6.09 Å². The van der Waals surface area contributed by atoms with E-state index in [1.54, 1.807) is 17.0 Å². The second kappa shape index (κ2) is 7.39. The molecule has 0 atom stereocenters. The normalized spacial score (nSPS) is 18.6. The fourth-order valence-electron chi connectivity index (χ4n) is 3.91. The molecule has 0 N–H and O–H groups in total. The van der Waals surface area contributed by atoms with Crippen molar-refractivity contribution >= 4 is 33.4 Å². The van der Waals surface area contributed by atoms with Crippen LogP contribution >= 0.6 is 11.6 Å². The van der Waals surface area contributed by atoms with Crippen molar-refractivity contribution in [1.82, 2.24) is 4.31 Å². The Bertz CT molecular complexity index is 999. The summed E-state index contributed by atoms with van der Waals surface area (Å²) in [6, 6.07) is 12.0. The summed E-state index contributed by atoms with van der Waals surface area (Å²) in [6.45, 7) is 2.95. The highest BCUT2D eigenvalue weighted by Crippen LogP contribution is 2.35. The van der Waals surface area contributed by atoms with Gasteiger partial charge in [-0.05, 0) is 49.6 Å². The lowest BCUT2D eigenvalue weighted by molar-refractivity contribution is 0.135. The molecule has 1 saturated heterocycles. The van der Waals surface area contributed by atoms with Crippen LogP contribution in [0.4, 0.5) is 10.5 Å². The molecule has 0 aromatic heterocycles. The van der Waals surface area contributed by atoms with E-state index >= 15 is 0 Å². The second-order valence-electron chi connectivity index (χ2n) is 7.10. The molecule has 0 saturated carbocycles. The number of fused-ring (bicyclic) bond motifs is 1. The summed E-state index contributed by atoms with van der Waals surface area (Å²) in [5.74, 6) is 0. The maximum absolute atomic E-state index is 12.9. The summed E-state index contributed by atoms with van der Waals surface area (Å²) >= 11 is 5.86. The highest BCUT2D eigenvalue weighted by Gasteiger charge is 2.37. The van der Waals surface area contributed by atoms with Crippen LogP contribution in [0, 0.1) is 6.92 Å². The first-order chi connectivity index (χ1) is 13.4. The van der Waals surface area contributed by atoms with Gasteiger partial charge in [0.2, 0.25) is 10.0 Å². The number of sulfonamides is 1. The Hall–Kier alpha value is -2.09. The number of nitrogens with zero attached hydrogens (tertiary/aromatic N) is 2. The first kappa shape index (κ1) is 19.2.